The molecule has 0 atom stereocenters. The van der Waals surface area contributed by atoms with Crippen molar-refractivity contribution in [2.24, 2.45) is 11.3 Å². The molecule has 0 amide bonds. The molecule has 1 aromatic rings. The van der Waals surface area contributed by atoms with Gasteiger partial charge in [-0.25, -0.2) is 4.37 Å². The van der Waals surface area contributed by atoms with Gasteiger partial charge in [-0.2, -0.15) is 0 Å². The van der Waals surface area contributed by atoms with Crippen LogP contribution in [-0.2, 0) is 11.3 Å². The Morgan fingerprint density at radius 3 is 2.62 bits per heavy atom. The second-order valence-electron chi connectivity index (χ2n) is 6.80. The van der Waals surface area contributed by atoms with E-state index in [1.54, 1.807) is 11.5 Å². The fraction of sp³-hybridized carbons (Fsp3) is 0.750. The molecule has 2 fully saturated rings. The molecule has 2 heterocycles. The molecule has 4 nitrogen and oxygen atoms in total. The first-order chi connectivity index (χ1) is 10.2. The second kappa shape index (κ2) is 6.44. The van der Waals surface area contributed by atoms with E-state index in [4.69, 9.17) is 5.11 Å². The lowest BCUT2D eigenvalue weighted by molar-refractivity contribution is -0.138. The van der Waals surface area contributed by atoms with Crippen LogP contribution >= 0.6 is 11.5 Å². The lowest BCUT2D eigenvalue weighted by Crippen LogP contribution is -2.41. The van der Waals surface area contributed by atoms with Crippen LogP contribution < -0.4 is 0 Å². The summed E-state index contributed by atoms with van der Waals surface area (Å²) in [7, 11) is 0. The summed E-state index contributed by atoms with van der Waals surface area (Å²) in [6.45, 7) is 3.41. The van der Waals surface area contributed by atoms with Crippen LogP contribution in [0.15, 0.2) is 12.3 Å². The summed E-state index contributed by atoms with van der Waals surface area (Å²) in [6, 6.07) is 2.12. The van der Waals surface area contributed by atoms with E-state index in [0.717, 1.165) is 19.4 Å². The number of hydrogen-bond donors (Lipinski definition) is 1. The van der Waals surface area contributed by atoms with Crippen LogP contribution in [0.25, 0.3) is 0 Å². The molecule has 1 aliphatic heterocycles. The second-order valence-corrected chi connectivity index (χ2v) is 7.71. The fourth-order valence-electron chi connectivity index (χ4n) is 3.97. The minimum absolute atomic E-state index is 0.369. The van der Waals surface area contributed by atoms with Crippen molar-refractivity contribution < 1.29 is 9.90 Å². The zero-order valence-corrected chi connectivity index (χ0v) is 13.3. The van der Waals surface area contributed by atoms with Crippen molar-refractivity contribution in [2.45, 2.75) is 51.5 Å². The van der Waals surface area contributed by atoms with E-state index in [2.05, 4.69) is 15.3 Å². The minimum atomic E-state index is -0.629. The molecule has 0 aromatic carbocycles. The molecule has 1 saturated heterocycles. The first kappa shape index (κ1) is 15.0. The number of carbonyl (C=O) groups is 1. The smallest absolute Gasteiger partial charge is 0.303 e. The van der Waals surface area contributed by atoms with E-state index in [1.165, 1.54) is 43.6 Å². The Labute approximate surface area is 130 Å². The van der Waals surface area contributed by atoms with Crippen molar-refractivity contribution in [1.82, 2.24) is 9.27 Å². The highest BCUT2D eigenvalue weighted by Crippen LogP contribution is 2.47. The van der Waals surface area contributed by atoms with Gasteiger partial charge in [-0.3, -0.25) is 9.69 Å². The minimum Gasteiger partial charge on any atom is -0.481 e. The highest BCUT2D eigenvalue weighted by Gasteiger charge is 2.38. The Balaban J connectivity index is 1.46. The largest absolute Gasteiger partial charge is 0.481 e. The maximum absolute atomic E-state index is 10.8. The SMILES string of the molecule is O=C(O)CC1CCC2(CC1)CCN(Cc1ccns1)CC2. The summed E-state index contributed by atoms with van der Waals surface area (Å²) in [6.07, 6.45) is 9.51. The third-order valence-corrected chi connectivity index (χ3v) is 6.14. The van der Waals surface area contributed by atoms with E-state index < -0.39 is 5.97 Å². The van der Waals surface area contributed by atoms with Gasteiger partial charge in [0.25, 0.3) is 0 Å². The fourth-order valence-corrected chi connectivity index (χ4v) is 4.59. The number of likely N-dealkylation sites (tertiary alicyclic amines) is 1. The van der Waals surface area contributed by atoms with E-state index in [-0.39, 0.29) is 0 Å². The van der Waals surface area contributed by atoms with E-state index in [9.17, 15) is 4.79 Å². The molecule has 1 saturated carbocycles. The van der Waals surface area contributed by atoms with Gasteiger partial charge in [0.05, 0.1) is 0 Å². The van der Waals surface area contributed by atoms with Crippen LogP contribution in [0, 0.1) is 11.3 Å². The van der Waals surface area contributed by atoms with E-state index in [1.807, 2.05) is 6.20 Å². The lowest BCUT2D eigenvalue weighted by Gasteiger charge is -2.45. The van der Waals surface area contributed by atoms with Gasteiger partial charge in [-0.1, -0.05) is 0 Å². The monoisotopic (exact) mass is 308 g/mol. The molecule has 2 aliphatic rings. The first-order valence-electron chi connectivity index (χ1n) is 7.99. The van der Waals surface area contributed by atoms with Crippen molar-refractivity contribution in [3.63, 3.8) is 0 Å². The number of carboxylic acids is 1. The van der Waals surface area contributed by atoms with Gasteiger partial charge in [0.15, 0.2) is 0 Å². The maximum Gasteiger partial charge on any atom is 0.303 e. The normalized spacial score (nSPS) is 23.4. The highest BCUT2D eigenvalue weighted by atomic mass is 32.1. The van der Waals surface area contributed by atoms with Crippen molar-refractivity contribution in [3.8, 4) is 0 Å². The zero-order chi connectivity index (χ0) is 14.7. The van der Waals surface area contributed by atoms with Gasteiger partial charge in [-0.05, 0) is 80.5 Å². The predicted octanol–water partition coefficient (Wildman–Crippen LogP) is 3.39. The van der Waals surface area contributed by atoms with Crippen LogP contribution in [0.5, 0.6) is 0 Å². The average molecular weight is 308 g/mol. The quantitative estimate of drug-likeness (QED) is 0.926. The van der Waals surface area contributed by atoms with Crippen LogP contribution in [0.1, 0.15) is 49.8 Å². The van der Waals surface area contributed by atoms with Gasteiger partial charge in [0, 0.05) is 24.0 Å². The highest BCUT2D eigenvalue weighted by molar-refractivity contribution is 7.05. The van der Waals surface area contributed by atoms with Gasteiger partial charge >= 0.3 is 5.97 Å². The Morgan fingerprint density at radius 2 is 2.05 bits per heavy atom. The van der Waals surface area contributed by atoms with Gasteiger partial charge < -0.3 is 5.11 Å². The topological polar surface area (TPSA) is 53.4 Å². The number of piperidine rings is 1. The summed E-state index contributed by atoms with van der Waals surface area (Å²) in [5.74, 6) is -0.210. The van der Waals surface area contributed by atoms with E-state index >= 15 is 0 Å². The molecule has 116 valence electrons. The number of aliphatic carboxylic acids is 1. The molecular weight excluding hydrogens is 284 g/mol. The molecule has 0 radical (unpaired) electrons. The van der Waals surface area contributed by atoms with Crippen molar-refractivity contribution in [1.29, 1.82) is 0 Å². The zero-order valence-electron chi connectivity index (χ0n) is 12.5. The van der Waals surface area contributed by atoms with Gasteiger partial charge in [-0.15, -0.1) is 0 Å². The maximum atomic E-state index is 10.8. The van der Waals surface area contributed by atoms with Gasteiger partial charge in [0.1, 0.15) is 0 Å². The first-order valence-corrected chi connectivity index (χ1v) is 8.76. The average Bonchev–Trinajstić information content (AvgIpc) is 2.97. The molecule has 1 aromatic heterocycles. The molecule has 1 aliphatic carbocycles. The molecule has 3 rings (SSSR count). The van der Waals surface area contributed by atoms with Crippen LogP contribution in [0.2, 0.25) is 0 Å². The third kappa shape index (κ3) is 3.83. The van der Waals surface area contributed by atoms with Crippen LogP contribution in [-0.4, -0.2) is 33.4 Å². The standard InChI is InChI=1S/C16H24N2O2S/c19-15(20)11-13-1-4-16(5-2-13)6-9-18(10-7-16)12-14-3-8-17-21-14/h3,8,13H,1-2,4-7,9-12H2,(H,19,20). The van der Waals surface area contributed by atoms with Crippen molar-refractivity contribution in [3.05, 3.63) is 17.1 Å². The summed E-state index contributed by atoms with van der Waals surface area (Å²) >= 11 is 1.60. The number of carboxylic acid groups (broad SMARTS) is 1. The Bertz CT molecular complexity index is 457. The van der Waals surface area contributed by atoms with Crippen LogP contribution in [0.3, 0.4) is 0 Å². The number of nitrogens with zero attached hydrogens (tertiary/aromatic N) is 2. The molecule has 1 N–H and O–H groups in total. The van der Waals surface area contributed by atoms with Gasteiger partial charge in [0.2, 0.25) is 0 Å². The predicted molar refractivity (Wildman–Crippen MR) is 83.3 cm³/mol. The molecule has 0 bridgehead atoms. The molecule has 0 unspecified atom stereocenters. The third-order valence-electron chi connectivity index (χ3n) is 5.42. The summed E-state index contributed by atoms with van der Waals surface area (Å²) in [4.78, 5) is 14.7. The Kier molecular flexibility index (Phi) is 4.60. The van der Waals surface area contributed by atoms with Crippen LogP contribution in [0.4, 0.5) is 0 Å². The Hall–Kier alpha value is -0.940. The summed E-state index contributed by atoms with van der Waals surface area (Å²) in [5.41, 5.74) is 0.513. The molecular formula is C16H24N2O2S. The molecule has 5 heteroatoms. The van der Waals surface area contributed by atoms with E-state index in [0.29, 0.717) is 17.8 Å². The molecule has 21 heavy (non-hydrogen) atoms. The van der Waals surface area contributed by atoms with Crippen molar-refractivity contribution in [2.75, 3.05) is 13.1 Å². The summed E-state index contributed by atoms with van der Waals surface area (Å²) < 4.78 is 4.17. The molecule has 1 spiro atoms. The Morgan fingerprint density at radius 1 is 1.33 bits per heavy atom. The number of aromatic nitrogens is 1. The van der Waals surface area contributed by atoms with Crippen molar-refractivity contribution >= 4 is 17.5 Å². The summed E-state index contributed by atoms with van der Waals surface area (Å²) in [5, 5.41) is 8.91. The lowest BCUT2D eigenvalue weighted by atomic mass is 9.65. The number of rotatable bonds is 4. The number of hydrogen-bond acceptors (Lipinski definition) is 4.